The van der Waals surface area contributed by atoms with E-state index >= 15 is 0 Å². The SMILES string of the molecule is C[C@@H](NCCN1CCN(C(=O)C2CCCC2)CC1)c1cnn(C)c1. The molecular weight excluding hydrogens is 302 g/mol. The number of piperazine rings is 1. The Bertz CT molecular complexity index is 529. The normalized spacial score (nSPS) is 21.3. The Balaban J connectivity index is 1.34. The molecule has 0 bridgehead atoms. The minimum atomic E-state index is 0.318. The zero-order chi connectivity index (χ0) is 16.9. The molecule has 0 unspecified atom stereocenters. The summed E-state index contributed by atoms with van der Waals surface area (Å²) in [5.41, 5.74) is 1.23. The van der Waals surface area contributed by atoms with Gasteiger partial charge in [-0.1, -0.05) is 12.8 Å². The van der Waals surface area contributed by atoms with Gasteiger partial charge >= 0.3 is 0 Å². The van der Waals surface area contributed by atoms with Gasteiger partial charge in [-0.2, -0.15) is 5.10 Å². The first-order valence-corrected chi connectivity index (χ1v) is 9.36. The van der Waals surface area contributed by atoms with E-state index in [-0.39, 0.29) is 0 Å². The number of aromatic nitrogens is 2. The van der Waals surface area contributed by atoms with Crippen LogP contribution in [0.2, 0.25) is 0 Å². The fourth-order valence-corrected chi connectivity index (χ4v) is 3.84. The van der Waals surface area contributed by atoms with Crippen LogP contribution in [0.4, 0.5) is 0 Å². The summed E-state index contributed by atoms with van der Waals surface area (Å²) in [5, 5.41) is 7.78. The number of nitrogens with zero attached hydrogens (tertiary/aromatic N) is 4. The lowest BCUT2D eigenvalue weighted by molar-refractivity contribution is -0.137. The van der Waals surface area contributed by atoms with Gasteiger partial charge < -0.3 is 10.2 Å². The molecule has 1 saturated carbocycles. The molecule has 2 fully saturated rings. The number of hydrogen-bond acceptors (Lipinski definition) is 4. The second kappa shape index (κ2) is 8.12. The Morgan fingerprint density at radius 2 is 2.00 bits per heavy atom. The number of hydrogen-bond donors (Lipinski definition) is 1. The number of carbonyl (C=O) groups excluding carboxylic acids is 1. The predicted molar refractivity (Wildman–Crippen MR) is 94.6 cm³/mol. The Kier molecular flexibility index (Phi) is 5.89. The van der Waals surface area contributed by atoms with Crippen molar-refractivity contribution in [2.24, 2.45) is 13.0 Å². The molecule has 1 aliphatic carbocycles. The van der Waals surface area contributed by atoms with Crippen LogP contribution in [0.3, 0.4) is 0 Å². The van der Waals surface area contributed by atoms with Crippen LogP contribution in [0, 0.1) is 5.92 Å². The summed E-state index contributed by atoms with van der Waals surface area (Å²) in [6.07, 6.45) is 8.66. The summed E-state index contributed by atoms with van der Waals surface area (Å²) in [4.78, 5) is 17.0. The Labute approximate surface area is 145 Å². The number of amides is 1. The monoisotopic (exact) mass is 333 g/mol. The summed E-state index contributed by atoms with van der Waals surface area (Å²) in [6.45, 7) is 7.97. The summed E-state index contributed by atoms with van der Waals surface area (Å²) in [5.74, 6) is 0.731. The van der Waals surface area contributed by atoms with Crippen molar-refractivity contribution >= 4 is 5.91 Å². The quantitative estimate of drug-likeness (QED) is 0.855. The minimum Gasteiger partial charge on any atom is -0.340 e. The first-order valence-electron chi connectivity index (χ1n) is 9.36. The van der Waals surface area contributed by atoms with Gasteiger partial charge in [0.15, 0.2) is 0 Å². The largest absolute Gasteiger partial charge is 0.340 e. The highest BCUT2D eigenvalue weighted by Gasteiger charge is 2.29. The maximum Gasteiger partial charge on any atom is 0.225 e. The molecule has 1 aromatic heterocycles. The third kappa shape index (κ3) is 4.36. The molecule has 134 valence electrons. The molecule has 1 aromatic rings. The molecule has 1 amide bonds. The third-order valence-corrected chi connectivity index (χ3v) is 5.49. The van der Waals surface area contributed by atoms with Gasteiger partial charge in [0.05, 0.1) is 6.20 Å². The maximum absolute atomic E-state index is 12.5. The Morgan fingerprint density at radius 1 is 1.29 bits per heavy atom. The Hall–Kier alpha value is -1.40. The van der Waals surface area contributed by atoms with Gasteiger partial charge in [0.1, 0.15) is 0 Å². The van der Waals surface area contributed by atoms with E-state index in [0.717, 1.165) is 52.1 Å². The van der Waals surface area contributed by atoms with Crippen LogP contribution in [0.15, 0.2) is 12.4 Å². The van der Waals surface area contributed by atoms with Crippen molar-refractivity contribution in [2.75, 3.05) is 39.3 Å². The fraction of sp³-hybridized carbons (Fsp3) is 0.778. The zero-order valence-electron chi connectivity index (χ0n) is 15.1. The molecule has 24 heavy (non-hydrogen) atoms. The highest BCUT2D eigenvalue weighted by atomic mass is 16.2. The summed E-state index contributed by atoms with van der Waals surface area (Å²) in [6, 6.07) is 0.323. The van der Waals surface area contributed by atoms with E-state index in [1.165, 1.54) is 18.4 Å². The minimum absolute atomic E-state index is 0.318. The van der Waals surface area contributed by atoms with Gasteiger partial charge in [0.2, 0.25) is 5.91 Å². The van der Waals surface area contributed by atoms with Crippen LogP contribution < -0.4 is 5.32 Å². The van der Waals surface area contributed by atoms with Gasteiger partial charge in [-0.05, 0) is 19.8 Å². The van der Waals surface area contributed by atoms with E-state index in [9.17, 15) is 4.79 Å². The second-order valence-electron chi connectivity index (χ2n) is 7.27. The maximum atomic E-state index is 12.5. The van der Waals surface area contributed by atoms with Crippen molar-refractivity contribution in [2.45, 2.75) is 38.6 Å². The van der Waals surface area contributed by atoms with E-state index in [1.807, 2.05) is 17.9 Å². The molecule has 6 heteroatoms. The highest BCUT2D eigenvalue weighted by Crippen LogP contribution is 2.26. The van der Waals surface area contributed by atoms with Crippen LogP contribution in [0.1, 0.15) is 44.2 Å². The first-order chi connectivity index (χ1) is 11.6. The number of rotatable bonds is 6. The molecule has 3 rings (SSSR count). The number of carbonyl (C=O) groups is 1. The topological polar surface area (TPSA) is 53.4 Å². The van der Waals surface area contributed by atoms with Gasteiger partial charge in [-0.3, -0.25) is 14.4 Å². The molecule has 0 radical (unpaired) electrons. The lowest BCUT2D eigenvalue weighted by Crippen LogP contribution is -2.51. The molecule has 0 aromatic carbocycles. The van der Waals surface area contributed by atoms with Crippen molar-refractivity contribution in [1.29, 1.82) is 0 Å². The van der Waals surface area contributed by atoms with E-state index in [0.29, 0.717) is 17.9 Å². The fourth-order valence-electron chi connectivity index (χ4n) is 3.84. The van der Waals surface area contributed by atoms with E-state index < -0.39 is 0 Å². The molecule has 6 nitrogen and oxygen atoms in total. The van der Waals surface area contributed by atoms with Crippen LogP contribution in [0.5, 0.6) is 0 Å². The van der Waals surface area contributed by atoms with Crippen LogP contribution in [0.25, 0.3) is 0 Å². The molecule has 1 atom stereocenters. The van der Waals surface area contributed by atoms with Gasteiger partial charge in [-0.15, -0.1) is 0 Å². The smallest absolute Gasteiger partial charge is 0.225 e. The third-order valence-electron chi connectivity index (χ3n) is 5.49. The summed E-state index contributed by atoms with van der Waals surface area (Å²) in [7, 11) is 1.95. The lowest BCUT2D eigenvalue weighted by Gasteiger charge is -2.36. The van der Waals surface area contributed by atoms with Crippen molar-refractivity contribution in [3.8, 4) is 0 Å². The average Bonchev–Trinajstić information content (AvgIpc) is 3.26. The van der Waals surface area contributed by atoms with Crippen molar-refractivity contribution in [3.05, 3.63) is 18.0 Å². The van der Waals surface area contributed by atoms with Crippen molar-refractivity contribution in [3.63, 3.8) is 0 Å². The van der Waals surface area contributed by atoms with Crippen LogP contribution in [-0.4, -0.2) is 64.8 Å². The summed E-state index contributed by atoms with van der Waals surface area (Å²) >= 11 is 0. The Morgan fingerprint density at radius 3 is 2.62 bits per heavy atom. The van der Waals surface area contributed by atoms with E-state index in [1.54, 1.807) is 0 Å². The molecule has 1 aliphatic heterocycles. The predicted octanol–water partition coefficient (Wildman–Crippen LogP) is 1.41. The van der Waals surface area contributed by atoms with Gasteiger partial charge in [-0.25, -0.2) is 0 Å². The van der Waals surface area contributed by atoms with Crippen LogP contribution >= 0.6 is 0 Å². The molecule has 1 N–H and O–H groups in total. The second-order valence-corrected chi connectivity index (χ2v) is 7.27. The molecule has 2 aliphatic rings. The van der Waals surface area contributed by atoms with Crippen molar-refractivity contribution in [1.82, 2.24) is 24.9 Å². The highest BCUT2D eigenvalue weighted by molar-refractivity contribution is 5.79. The zero-order valence-corrected chi connectivity index (χ0v) is 15.1. The average molecular weight is 333 g/mol. The molecule has 1 saturated heterocycles. The molecule has 2 heterocycles. The molecular formula is C18H31N5O. The van der Waals surface area contributed by atoms with Gasteiger partial charge in [0, 0.05) is 70.0 Å². The standard InChI is InChI=1S/C18H31N5O/c1-15(17-13-20-21(2)14-17)19-7-8-22-9-11-23(12-10-22)18(24)16-5-3-4-6-16/h13-16,19H,3-12H2,1-2H3/t15-/m1/s1. The van der Waals surface area contributed by atoms with E-state index in [4.69, 9.17) is 0 Å². The van der Waals surface area contributed by atoms with Gasteiger partial charge in [0.25, 0.3) is 0 Å². The summed E-state index contributed by atoms with van der Waals surface area (Å²) < 4.78 is 1.84. The molecule has 0 spiro atoms. The first kappa shape index (κ1) is 17.4. The number of nitrogens with one attached hydrogen (secondary N) is 1. The van der Waals surface area contributed by atoms with Crippen LogP contribution in [-0.2, 0) is 11.8 Å². The van der Waals surface area contributed by atoms with Crippen molar-refractivity contribution < 1.29 is 4.79 Å². The lowest BCUT2D eigenvalue weighted by atomic mass is 10.1. The van der Waals surface area contributed by atoms with E-state index in [2.05, 4.69) is 33.3 Å². The number of aryl methyl sites for hydroxylation is 1.